The van der Waals surface area contributed by atoms with Crippen molar-refractivity contribution in [3.05, 3.63) is 47.5 Å². The third-order valence-corrected chi connectivity index (χ3v) is 6.18. The Morgan fingerprint density at radius 2 is 1.93 bits per heavy atom. The number of anilines is 1. The lowest BCUT2D eigenvalue weighted by molar-refractivity contribution is 0.0697. The van der Waals surface area contributed by atoms with Gasteiger partial charge in [0.15, 0.2) is 0 Å². The number of imidazole rings is 1. The number of carboxylic acid groups (broad SMARTS) is 1. The zero-order valence-corrected chi connectivity index (χ0v) is 15.9. The predicted molar refractivity (Wildman–Crippen MR) is 111 cm³/mol. The molecule has 0 bridgehead atoms. The number of hydrogen-bond acceptors (Lipinski definition) is 3. The molecule has 1 aliphatic carbocycles. The normalized spacial score (nSPS) is 17.3. The molecule has 0 unspecified atom stereocenters. The monoisotopic (exact) mass is 375 g/mol. The van der Waals surface area contributed by atoms with E-state index in [1.807, 2.05) is 6.07 Å². The second-order valence-electron chi connectivity index (χ2n) is 8.01. The summed E-state index contributed by atoms with van der Waals surface area (Å²) in [4.78, 5) is 16.4. The second-order valence-corrected chi connectivity index (χ2v) is 8.01. The van der Waals surface area contributed by atoms with Crippen LogP contribution in [-0.2, 0) is 6.42 Å². The Morgan fingerprint density at radius 1 is 1.07 bits per heavy atom. The molecule has 2 heterocycles. The van der Waals surface area contributed by atoms with Gasteiger partial charge in [0, 0.05) is 23.8 Å². The largest absolute Gasteiger partial charge is 0.478 e. The first kappa shape index (κ1) is 17.3. The molecule has 1 aliphatic heterocycles. The van der Waals surface area contributed by atoms with E-state index in [0.717, 1.165) is 54.6 Å². The van der Waals surface area contributed by atoms with Crippen LogP contribution in [0.25, 0.3) is 22.4 Å². The molecule has 0 amide bonds. The maximum atomic E-state index is 11.4. The summed E-state index contributed by atoms with van der Waals surface area (Å²) in [5.41, 5.74) is 5.81. The summed E-state index contributed by atoms with van der Waals surface area (Å²) >= 11 is 0. The fourth-order valence-electron chi connectivity index (χ4n) is 4.76. The van der Waals surface area contributed by atoms with E-state index in [0.29, 0.717) is 11.6 Å². The summed E-state index contributed by atoms with van der Waals surface area (Å²) in [5, 5.41) is 12.9. The number of nitrogens with one attached hydrogen (secondary N) is 1. The fourth-order valence-corrected chi connectivity index (χ4v) is 4.76. The molecular formula is C23H25N3O2. The standard InChI is InChI=1S/C23H25N3O2/c27-23(28)17-9-11-21-20(14-17)25-22(26(21)18-6-2-1-3-7-18)16-8-10-19-15(13-16)5-4-12-24-19/h8-11,13-14,18,24H,1-7,12H2,(H,27,28). The molecule has 5 heteroatoms. The lowest BCUT2D eigenvalue weighted by Gasteiger charge is -2.26. The summed E-state index contributed by atoms with van der Waals surface area (Å²) < 4.78 is 2.37. The summed E-state index contributed by atoms with van der Waals surface area (Å²) in [6, 6.07) is 12.3. The summed E-state index contributed by atoms with van der Waals surface area (Å²) in [6.07, 6.45) is 8.33. The van der Waals surface area contributed by atoms with Gasteiger partial charge < -0.3 is 15.0 Å². The molecule has 5 rings (SSSR count). The van der Waals surface area contributed by atoms with Crippen LogP contribution in [-0.4, -0.2) is 27.2 Å². The molecule has 0 radical (unpaired) electrons. The number of hydrogen-bond donors (Lipinski definition) is 2. The Balaban J connectivity index is 1.68. The lowest BCUT2D eigenvalue weighted by Crippen LogP contribution is -2.14. The highest BCUT2D eigenvalue weighted by Crippen LogP contribution is 2.37. The molecule has 2 N–H and O–H groups in total. The van der Waals surface area contributed by atoms with Crippen molar-refractivity contribution in [1.29, 1.82) is 0 Å². The number of fused-ring (bicyclic) bond motifs is 2. The Morgan fingerprint density at radius 3 is 2.75 bits per heavy atom. The van der Waals surface area contributed by atoms with Crippen molar-refractivity contribution in [2.24, 2.45) is 0 Å². The quantitative estimate of drug-likeness (QED) is 0.655. The molecule has 3 aromatic rings. The smallest absolute Gasteiger partial charge is 0.335 e. The fraction of sp³-hybridized carbons (Fsp3) is 0.391. The highest BCUT2D eigenvalue weighted by atomic mass is 16.4. The minimum Gasteiger partial charge on any atom is -0.478 e. The van der Waals surface area contributed by atoms with Gasteiger partial charge in [0.2, 0.25) is 0 Å². The molecule has 1 aromatic heterocycles. The van der Waals surface area contributed by atoms with Crippen LogP contribution < -0.4 is 5.32 Å². The van der Waals surface area contributed by atoms with Gasteiger partial charge in [-0.2, -0.15) is 0 Å². The van der Waals surface area contributed by atoms with E-state index in [2.05, 4.69) is 28.1 Å². The van der Waals surface area contributed by atoms with Crippen molar-refractivity contribution in [1.82, 2.24) is 9.55 Å². The number of aryl methyl sites for hydroxylation is 1. The summed E-state index contributed by atoms with van der Waals surface area (Å²) in [7, 11) is 0. The summed E-state index contributed by atoms with van der Waals surface area (Å²) in [6.45, 7) is 1.03. The van der Waals surface area contributed by atoms with Gasteiger partial charge in [-0.15, -0.1) is 0 Å². The van der Waals surface area contributed by atoms with E-state index < -0.39 is 5.97 Å². The molecule has 2 aromatic carbocycles. The molecule has 2 aliphatic rings. The van der Waals surface area contributed by atoms with Crippen LogP contribution in [0.4, 0.5) is 5.69 Å². The summed E-state index contributed by atoms with van der Waals surface area (Å²) in [5.74, 6) is 0.0633. The molecule has 5 nitrogen and oxygen atoms in total. The first-order valence-corrected chi connectivity index (χ1v) is 10.3. The highest BCUT2D eigenvalue weighted by Gasteiger charge is 2.23. The number of carboxylic acids is 1. The zero-order chi connectivity index (χ0) is 19.1. The van der Waals surface area contributed by atoms with Gasteiger partial charge in [-0.05, 0) is 67.6 Å². The Kier molecular flexibility index (Phi) is 4.30. The van der Waals surface area contributed by atoms with Gasteiger partial charge in [0.25, 0.3) is 0 Å². The minimum atomic E-state index is -0.907. The number of benzene rings is 2. The van der Waals surface area contributed by atoms with Gasteiger partial charge >= 0.3 is 5.97 Å². The van der Waals surface area contributed by atoms with Crippen molar-refractivity contribution in [3.63, 3.8) is 0 Å². The maximum absolute atomic E-state index is 11.4. The van der Waals surface area contributed by atoms with Crippen LogP contribution in [0.2, 0.25) is 0 Å². The van der Waals surface area contributed by atoms with E-state index in [1.165, 1.54) is 30.5 Å². The first-order valence-electron chi connectivity index (χ1n) is 10.3. The van der Waals surface area contributed by atoms with Gasteiger partial charge in [0.1, 0.15) is 5.82 Å². The van der Waals surface area contributed by atoms with E-state index >= 15 is 0 Å². The number of aromatic carboxylic acids is 1. The number of rotatable bonds is 3. The molecule has 144 valence electrons. The predicted octanol–water partition coefficient (Wildman–Crippen LogP) is 5.26. The van der Waals surface area contributed by atoms with Crippen LogP contribution in [0.5, 0.6) is 0 Å². The second kappa shape index (κ2) is 6.97. The van der Waals surface area contributed by atoms with Crippen molar-refractivity contribution in [2.75, 3.05) is 11.9 Å². The van der Waals surface area contributed by atoms with Crippen molar-refractivity contribution < 1.29 is 9.90 Å². The van der Waals surface area contributed by atoms with Crippen LogP contribution in [0.3, 0.4) is 0 Å². The molecule has 0 spiro atoms. The van der Waals surface area contributed by atoms with Crippen molar-refractivity contribution in [2.45, 2.75) is 51.0 Å². The molecule has 1 fully saturated rings. The van der Waals surface area contributed by atoms with Gasteiger partial charge in [0.05, 0.1) is 16.6 Å². The van der Waals surface area contributed by atoms with Crippen LogP contribution in [0.1, 0.15) is 60.5 Å². The molecule has 0 atom stereocenters. The maximum Gasteiger partial charge on any atom is 0.335 e. The van der Waals surface area contributed by atoms with Crippen LogP contribution in [0, 0.1) is 0 Å². The molecule has 28 heavy (non-hydrogen) atoms. The van der Waals surface area contributed by atoms with Gasteiger partial charge in [-0.25, -0.2) is 9.78 Å². The van der Waals surface area contributed by atoms with Crippen LogP contribution in [0.15, 0.2) is 36.4 Å². The highest BCUT2D eigenvalue weighted by molar-refractivity contribution is 5.93. The minimum absolute atomic E-state index is 0.294. The molecule has 1 saturated carbocycles. The van der Waals surface area contributed by atoms with Gasteiger partial charge in [-0.1, -0.05) is 19.3 Å². The van der Waals surface area contributed by atoms with Gasteiger partial charge in [-0.3, -0.25) is 0 Å². The van der Waals surface area contributed by atoms with E-state index in [9.17, 15) is 9.90 Å². The Bertz CT molecular complexity index is 1050. The first-order chi connectivity index (χ1) is 13.7. The van der Waals surface area contributed by atoms with E-state index in [4.69, 9.17) is 4.98 Å². The number of nitrogens with zero attached hydrogens (tertiary/aromatic N) is 2. The molecular weight excluding hydrogens is 350 g/mol. The van der Waals surface area contributed by atoms with Crippen molar-refractivity contribution in [3.8, 4) is 11.4 Å². The average Bonchev–Trinajstić information content (AvgIpc) is 3.12. The van der Waals surface area contributed by atoms with E-state index in [1.54, 1.807) is 12.1 Å². The number of aromatic nitrogens is 2. The third-order valence-electron chi connectivity index (χ3n) is 6.18. The van der Waals surface area contributed by atoms with Crippen molar-refractivity contribution >= 4 is 22.7 Å². The number of carbonyl (C=O) groups is 1. The average molecular weight is 375 g/mol. The van der Waals surface area contributed by atoms with E-state index in [-0.39, 0.29) is 0 Å². The SMILES string of the molecule is O=C(O)c1ccc2c(c1)nc(-c1ccc3c(c1)CCCN3)n2C1CCCCC1. The Hall–Kier alpha value is -2.82. The lowest BCUT2D eigenvalue weighted by atomic mass is 9.94. The van der Waals surface area contributed by atoms with Crippen LogP contribution >= 0.6 is 0 Å². The Labute approximate surface area is 164 Å². The zero-order valence-electron chi connectivity index (χ0n) is 15.9. The third kappa shape index (κ3) is 2.95. The molecule has 0 saturated heterocycles. The topological polar surface area (TPSA) is 67.2 Å².